The van der Waals surface area contributed by atoms with Crippen molar-refractivity contribution < 1.29 is 0 Å². The summed E-state index contributed by atoms with van der Waals surface area (Å²) in [5.74, 6) is 0. The lowest BCUT2D eigenvalue weighted by molar-refractivity contribution is 1.08. The molecule has 0 aliphatic rings. The minimum absolute atomic E-state index is 1.08. The van der Waals surface area contributed by atoms with E-state index < -0.39 is 0 Å². The fraction of sp³-hybridized carbons (Fsp3) is 0.400. The third-order valence-corrected chi connectivity index (χ3v) is 2.87. The Kier molecular flexibility index (Phi) is 4.48. The normalized spacial score (nSPS) is 9.81. The summed E-state index contributed by atoms with van der Waals surface area (Å²) in [7, 11) is 0. The molecular formula is C15H21N. The number of fused-ring (bicyclic) bond motifs is 1. The van der Waals surface area contributed by atoms with Crippen molar-refractivity contribution in [2.45, 2.75) is 41.0 Å². The van der Waals surface area contributed by atoms with E-state index in [0.29, 0.717) is 0 Å². The number of pyridine rings is 1. The first-order valence-electron chi connectivity index (χ1n) is 6.09. The van der Waals surface area contributed by atoms with E-state index in [1.54, 1.807) is 0 Å². The van der Waals surface area contributed by atoms with Crippen molar-refractivity contribution in [1.29, 1.82) is 0 Å². The number of aromatic nitrogens is 1. The smallest absolute Gasteiger partial charge is 0.0708 e. The van der Waals surface area contributed by atoms with Gasteiger partial charge in [0.2, 0.25) is 0 Å². The van der Waals surface area contributed by atoms with Crippen LogP contribution in [0.5, 0.6) is 0 Å². The molecule has 0 atom stereocenters. The van der Waals surface area contributed by atoms with Crippen molar-refractivity contribution in [1.82, 2.24) is 4.98 Å². The SMILES string of the molecule is CC.CCc1c(C)c(C)nc2ccccc12. The Hall–Kier alpha value is -1.37. The maximum atomic E-state index is 4.58. The monoisotopic (exact) mass is 215 g/mol. The van der Waals surface area contributed by atoms with Crippen LogP contribution >= 0.6 is 0 Å². The van der Waals surface area contributed by atoms with Crippen LogP contribution in [0, 0.1) is 13.8 Å². The molecule has 16 heavy (non-hydrogen) atoms. The van der Waals surface area contributed by atoms with Gasteiger partial charge in [-0.1, -0.05) is 39.0 Å². The molecule has 0 N–H and O–H groups in total. The largest absolute Gasteiger partial charge is 0.253 e. The van der Waals surface area contributed by atoms with Crippen LogP contribution in [-0.4, -0.2) is 4.98 Å². The van der Waals surface area contributed by atoms with Crippen LogP contribution in [0.4, 0.5) is 0 Å². The van der Waals surface area contributed by atoms with Gasteiger partial charge in [-0.3, -0.25) is 4.98 Å². The highest BCUT2D eigenvalue weighted by molar-refractivity contribution is 5.83. The van der Waals surface area contributed by atoms with Gasteiger partial charge >= 0.3 is 0 Å². The number of benzene rings is 1. The Morgan fingerprint density at radius 1 is 1.06 bits per heavy atom. The number of hydrogen-bond acceptors (Lipinski definition) is 1. The molecule has 0 amide bonds. The molecule has 1 aromatic heterocycles. The van der Waals surface area contributed by atoms with Gasteiger partial charge in [0.05, 0.1) is 5.52 Å². The van der Waals surface area contributed by atoms with Crippen molar-refractivity contribution >= 4 is 10.9 Å². The van der Waals surface area contributed by atoms with E-state index in [0.717, 1.165) is 17.6 Å². The zero-order valence-corrected chi connectivity index (χ0v) is 11.0. The molecule has 0 bridgehead atoms. The van der Waals surface area contributed by atoms with Gasteiger partial charge in [-0.05, 0) is 37.5 Å². The second-order valence-corrected chi connectivity index (χ2v) is 3.67. The molecule has 0 spiro atoms. The number of hydrogen-bond donors (Lipinski definition) is 0. The lowest BCUT2D eigenvalue weighted by Crippen LogP contribution is -1.96. The van der Waals surface area contributed by atoms with E-state index in [4.69, 9.17) is 0 Å². The first kappa shape index (κ1) is 12.7. The van der Waals surface area contributed by atoms with Crippen molar-refractivity contribution in [3.8, 4) is 0 Å². The molecule has 86 valence electrons. The quantitative estimate of drug-likeness (QED) is 0.685. The second-order valence-electron chi connectivity index (χ2n) is 3.67. The highest BCUT2D eigenvalue weighted by Crippen LogP contribution is 2.22. The van der Waals surface area contributed by atoms with E-state index >= 15 is 0 Å². The number of para-hydroxylation sites is 1. The lowest BCUT2D eigenvalue weighted by atomic mass is 10.00. The van der Waals surface area contributed by atoms with Crippen LogP contribution in [0.15, 0.2) is 24.3 Å². The van der Waals surface area contributed by atoms with Gasteiger partial charge in [0, 0.05) is 11.1 Å². The molecule has 1 aromatic carbocycles. The Morgan fingerprint density at radius 2 is 1.69 bits per heavy atom. The zero-order chi connectivity index (χ0) is 12.1. The summed E-state index contributed by atoms with van der Waals surface area (Å²) in [6.07, 6.45) is 1.08. The summed E-state index contributed by atoms with van der Waals surface area (Å²) in [4.78, 5) is 4.58. The summed E-state index contributed by atoms with van der Waals surface area (Å²) in [5, 5.41) is 1.30. The van der Waals surface area contributed by atoms with Crippen LogP contribution in [0.1, 0.15) is 37.6 Å². The first-order chi connectivity index (χ1) is 7.74. The summed E-state index contributed by atoms with van der Waals surface area (Å²) in [6, 6.07) is 8.37. The van der Waals surface area contributed by atoms with Crippen molar-refractivity contribution in [3.63, 3.8) is 0 Å². The summed E-state index contributed by atoms with van der Waals surface area (Å²) < 4.78 is 0. The molecule has 1 heteroatoms. The molecule has 2 rings (SSSR count). The number of aryl methyl sites for hydroxylation is 2. The lowest BCUT2D eigenvalue weighted by Gasteiger charge is -2.10. The standard InChI is InChI=1S/C13H15N.C2H6/c1-4-11-9(2)10(3)14-13-8-6-5-7-12(11)13;1-2/h5-8H,4H2,1-3H3;1-2H3. The van der Waals surface area contributed by atoms with Crippen LogP contribution in [0.25, 0.3) is 10.9 Å². The zero-order valence-electron chi connectivity index (χ0n) is 11.0. The average molecular weight is 215 g/mol. The number of rotatable bonds is 1. The van der Waals surface area contributed by atoms with E-state index in [2.05, 4.69) is 44.0 Å². The van der Waals surface area contributed by atoms with Crippen molar-refractivity contribution in [3.05, 3.63) is 41.1 Å². The second kappa shape index (κ2) is 5.64. The van der Waals surface area contributed by atoms with Gasteiger partial charge in [0.15, 0.2) is 0 Å². The summed E-state index contributed by atoms with van der Waals surface area (Å²) >= 11 is 0. The molecule has 0 saturated carbocycles. The fourth-order valence-corrected chi connectivity index (χ4v) is 1.97. The third-order valence-electron chi connectivity index (χ3n) is 2.87. The summed E-state index contributed by atoms with van der Waals surface area (Å²) in [6.45, 7) is 10.4. The molecule has 0 fully saturated rings. The minimum Gasteiger partial charge on any atom is -0.253 e. The average Bonchev–Trinajstić information content (AvgIpc) is 2.33. The molecule has 0 unspecified atom stereocenters. The molecule has 0 radical (unpaired) electrons. The molecule has 0 aliphatic carbocycles. The van der Waals surface area contributed by atoms with Gasteiger partial charge in [-0.15, -0.1) is 0 Å². The maximum Gasteiger partial charge on any atom is 0.0708 e. The van der Waals surface area contributed by atoms with Crippen molar-refractivity contribution in [2.24, 2.45) is 0 Å². The van der Waals surface area contributed by atoms with Crippen molar-refractivity contribution in [2.75, 3.05) is 0 Å². The first-order valence-corrected chi connectivity index (χ1v) is 6.09. The van der Waals surface area contributed by atoms with E-state index in [9.17, 15) is 0 Å². The third kappa shape index (κ3) is 2.24. The topological polar surface area (TPSA) is 12.9 Å². The van der Waals surface area contributed by atoms with Gasteiger partial charge in [0.1, 0.15) is 0 Å². The minimum atomic E-state index is 1.08. The van der Waals surface area contributed by atoms with E-state index in [1.165, 1.54) is 16.5 Å². The Morgan fingerprint density at radius 3 is 2.31 bits per heavy atom. The molecule has 0 aliphatic heterocycles. The molecule has 0 saturated heterocycles. The van der Waals surface area contributed by atoms with Gasteiger partial charge in [-0.25, -0.2) is 0 Å². The highest BCUT2D eigenvalue weighted by Gasteiger charge is 2.06. The van der Waals surface area contributed by atoms with Crippen LogP contribution < -0.4 is 0 Å². The highest BCUT2D eigenvalue weighted by atomic mass is 14.7. The van der Waals surface area contributed by atoms with Crippen LogP contribution in [0.2, 0.25) is 0 Å². The predicted molar refractivity (Wildman–Crippen MR) is 71.9 cm³/mol. The van der Waals surface area contributed by atoms with Crippen LogP contribution in [0.3, 0.4) is 0 Å². The molecule has 2 aromatic rings. The molecular weight excluding hydrogens is 194 g/mol. The predicted octanol–water partition coefficient (Wildman–Crippen LogP) is 4.44. The van der Waals surface area contributed by atoms with Crippen LogP contribution in [-0.2, 0) is 6.42 Å². The Bertz CT molecular complexity index is 472. The summed E-state index contributed by atoms with van der Waals surface area (Å²) in [5.41, 5.74) is 5.05. The van der Waals surface area contributed by atoms with Gasteiger partial charge in [0.25, 0.3) is 0 Å². The van der Waals surface area contributed by atoms with Gasteiger partial charge < -0.3 is 0 Å². The maximum absolute atomic E-state index is 4.58. The number of nitrogens with zero attached hydrogens (tertiary/aromatic N) is 1. The molecule has 1 heterocycles. The van der Waals surface area contributed by atoms with E-state index in [1.807, 2.05) is 19.9 Å². The fourth-order valence-electron chi connectivity index (χ4n) is 1.97. The Balaban J connectivity index is 0.000000606. The van der Waals surface area contributed by atoms with Gasteiger partial charge in [-0.2, -0.15) is 0 Å². The molecule has 1 nitrogen and oxygen atoms in total. The Labute approximate surface area is 98.5 Å². The van der Waals surface area contributed by atoms with E-state index in [-0.39, 0.29) is 0 Å².